The Balaban J connectivity index is 1.72. The third-order valence-electron chi connectivity index (χ3n) is 4.52. The van der Waals surface area contributed by atoms with Crippen LogP contribution >= 0.6 is 0 Å². The Hall–Kier alpha value is -2.60. The van der Waals surface area contributed by atoms with E-state index in [0.717, 1.165) is 12.0 Å². The Morgan fingerprint density at radius 1 is 1.23 bits per heavy atom. The molecule has 26 heavy (non-hydrogen) atoms. The lowest BCUT2D eigenvalue weighted by Gasteiger charge is -2.35. The molecule has 0 saturated carbocycles. The third-order valence-corrected chi connectivity index (χ3v) is 4.52. The van der Waals surface area contributed by atoms with Crippen molar-refractivity contribution in [3.63, 3.8) is 0 Å². The van der Waals surface area contributed by atoms with Gasteiger partial charge in [0, 0.05) is 32.5 Å². The molecular weight excluding hydrogens is 330 g/mol. The first kappa shape index (κ1) is 18.2. The van der Waals surface area contributed by atoms with Gasteiger partial charge in [0.15, 0.2) is 0 Å². The van der Waals surface area contributed by atoms with Crippen LogP contribution in [0.5, 0.6) is 0 Å². The molecule has 0 radical (unpaired) electrons. The number of carbonyl (C=O) groups excluding carboxylic acids is 2. The van der Waals surface area contributed by atoms with Crippen LogP contribution in [0, 0.1) is 0 Å². The number of hydrogen-bond acceptors (Lipinski definition) is 3. The molecule has 3 rings (SSSR count). The van der Waals surface area contributed by atoms with E-state index in [-0.39, 0.29) is 11.8 Å². The SMILES string of the molecule is CCOCCCNC(=O)C1Cn2cccc2C(=O)N1Cc1ccccc1. The van der Waals surface area contributed by atoms with Crippen LogP contribution in [0.1, 0.15) is 29.4 Å². The second-order valence-corrected chi connectivity index (χ2v) is 6.32. The average molecular weight is 355 g/mol. The summed E-state index contributed by atoms with van der Waals surface area (Å²) in [4.78, 5) is 27.3. The highest BCUT2D eigenvalue weighted by Gasteiger charge is 2.36. The molecule has 1 N–H and O–H groups in total. The Kier molecular flexibility index (Phi) is 6.07. The summed E-state index contributed by atoms with van der Waals surface area (Å²) >= 11 is 0. The normalized spacial score (nSPS) is 16.4. The zero-order valence-corrected chi connectivity index (χ0v) is 15.1. The summed E-state index contributed by atoms with van der Waals surface area (Å²) in [6.45, 7) is 4.67. The van der Waals surface area contributed by atoms with E-state index in [1.807, 2.05) is 54.1 Å². The van der Waals surface area contributed by atoms with Crippen molar-refractivity contribution in [2.45, 2.75) is 32.5 Å². The second kappa shape index (κ2) is 8.67. The van der Waals surface area contributed by atoms with Crippen LogP contribution in [0.2, 0.25) is 0 Å². The van der Waals surface area contributed by atoms with Gasteiger partial charge in [0.25, 0.3) is 5.91 Å². The number of amides is 2. The van der Waals surface area contributed by atoms with Crippen LogP contribution < -0.4 is 5.32 Å². The van der Waals surface area contributed by atoms with Gasteiger partial charge >= 0.3 is 0 Å². The zero-order chi connectivity index (χ0) is 18.4. The summed E-state index contributed by atoms with van der Waals surface area (Å²) in [6.07, 6.45) is 2.61. The van der Waals surface area contributed by atoms with Gasteiger partial charge < -0.3 is 19.5 Å². The van der Waals surface area contributed by atoms with Gasteiger partial charge in [0.05, 0.1) is 6.54 Å². The van der Waals surface area contributed by atoms with Crippen molar-refractivity contribution in [2.75, 3.05) is 19.8 Å². The zero-order valence-electron chi connectivity index (χ0n) is 15.1. The van der Waals surface area contributed by atoms with Crippen molar-refractivity contribution in [3.05, 3.63) is 59.9 Å². The number of rotatable bonds is 8. The summed E-state index contributed by atoms with van der Waals surface area (Å²) in [5, 5.41) is 2.94. The summed E-state index contributed by atoms with van der Waals surface area (Å²) in [5.41, 5.74) is 1.64. The molecule has 0 spiro atoms. The fraction of sp³-hybridized carbons (Fsp3) is 0.400. The number of fused-ring (bicyclic) bond motifs is 1. The largest absolute Gasteiger partial charge is 0.382 e. The molecule has 2 aromatic rings. The fourth-order valence-corrected chi connectivity index (χ4v) is 3.18. The van der Waals surface area contributed by atoms with Crippen molar-refractivity contribution >= 4 is 11.8 Å². The van der Waals surface area contributed by atoms with Gasteiger partial charge in [-0.3, -0.25) is 9.59 Å². The van der Waals surface area contributed by atoms with E-state index in [4.69, 9.17) is 4.74 Å². The van der Waals surface area contributed by atoms with E-state index in [9.17, 15) is 9.59 Å². The summed E-state index contributed by atoms with van der Waals surface area (Å²) in [7, 11) is 0. The number of ether oxygens (including phenoxy) is 1. The molecule has 2 heterocycles. The minimum atomic E-state index is -0.519. The van der Waals surface area contributed by atoms with E-state index in [1.165, 1.54) is 0 Å². The maximum absolute atomic E-state index is 12.9. The molecule has 1 aromatic heterocycles. The smallest absolute Gasteiger partial charge is 0.271 e. The molecule has 0 aliphatic carbocycles. The highest BCUT2D eigenvalue weighted by molar-refractivity contribution is 5.97. The fourth-order valence-electron chi connectivity index (χ4n) is 3.18. The second-order valence-electron chi connectivity index (χ2n) is 6.32. The van der Waals surface area contributed by atoms with Crippen molar-refractivity contribution in [1.29, 1.82) is 0 Å². The maximum atomic E-state index is 12.9. The summed E-state index contributed by atoms with van der Waals surface area (Å²) in [5.74, 6) is -0.232. The Labute approximate surface area is 153 Å². The van der Waals surface area contributed by atoms with E-state index < -0.39 is 6.04 Å². The van der Waals surface area contributed by atoms with Gasteiger partial charge in [-0.1, -0.05) is 30.3 Å². The van der Waals surface area contributed by atoms with Crippen LogP contribution in [-0.4, -0.2) is 47.1 Å². The molecule has 1 unspecified atom stereocenters. The lowest BCUT2D eigenvalue weighted by molar-refractivity contribution is -0.126. The Bertz CT molecular complexity index is 742. The molecule has 1 atom stereocenters. The van der Waals surface area contributed by atoms with Gasteiger partial charge in [0.1, 0.15) is 11.7 Å². The Morgan fingerprint density at radius 3 is 2.81 bits per heavy atom. The number of benzene rings is 1. The van der Waals surface area contributed by atoms with Crippen molar-refractivity contribution < 1.29 is 14.3 Å². The quantitative estimate of drug-likeness (QED) is 0.737. The molecule has 0 fully saturated rings. The molecule has 1 aliphatic heterocycles. The first-order valence-electron chi connectivity index (χ1n) is 9.06. The highest BCUT2D eigenvalue weighted by atomic mass is 16.5. The average Bonchev–Trinajstić information content (AvgIpc) is 3.13. The van der Waals surface area contributed by atoms with Crippen molar-refractivity contribution in [1.82, 2.24) is 14.8 Å². The molecule has 1 aromatic carbocycles. The van der Waals surface area contributed by atoms with Gasteiger partial charge in [-0.25, -0.2) is 0 Å². The van der Waals surface area contributed by atoms with Crippen molar-refractivity contribution in [3.8, 4) is 0 Å². The van der Waals surface area contributed by atoms with E-state index in [2.05, 4.69) is 5.32 Å². The predicted octanol–water partition coefficient (Wildman–Crippen LogP) is 2.06. The van der Waals surface area contributed by atoms with Crippen molar-refractivity contribution in [2.24, 2.45) is 0 Å². The number of aromatic nitrogens is 1. The number of hydrogen-bond donors (Lipinski definition) is 1. The standard InChI is InChI=1S/C20H25N3O3/c1-2-26-13-7-11-21-19(24)18-15-22-12-6-10-17(22)20(25)23(18)14-16-8-4-3-5-9-16/h3-6,8-10,12,18H,2,7,11,13-15H2,1H3,(H,21,24). The lowest BCUT2D eigenvalue weighted by atomic mass is 10.1. The van der Waals surface area contributed by atoms with Gasteiger partial charge in [-0.05, 0) is 31.0 Å². The minimum absolute atomic E-state index is 0.112. The minimum Gasteiger partial charge on any atom is -0.382 e. The van der Waals surface area contributed by atoms with E-state index in [1.54, 1.807) is 11.0 Å². The lowest BCUT2D eigenvalue weighted by Crippen LogP contribution is -2.54. The molecule has 138 valence electrons. The number of nitrogens with zero attached hydrogens (tertiary/aromatic N) is 2. The number of nitrogens with one attached hydrogen (secondary N) is 1. The van der Waals surface area contributed by atoms with Crippen LogP contribution in [0.15, 0.2) is 48.7 Å². The Morgan fingerprint density at radius 2 is 2.04 bits per heavy atom. The third kappa shape index (κ3) is 4.14. The molecule has 1 aliphatic rings. The first-order chi connectivity index (χ1) is 12.7. The van der Waals surface area contributed by atoms with Crippen LogP contribution in [-0.2, 0) is 22.6 Å². The molecular formula is C20H25N3O3. The van der Waals surface area contributed by atoms with E-state index in [0.29, 0.717) is 38.5 Å². The monoisotopic (exact) mass is 355 g/mol. The topological polar surface area (TPSA) is 63.6 Å². The maximum Gasteiger partial charge on any atom is 0.271 e. The number of carbonyl (C=O) groups is 2. The van der Waals surface area contributed by atoms with Gasteiger partial charge in [0.2, 0.25) is 5.91 Å². The summed E-state index contributed by atoms with van der Waals surface area (Å²) in [6, 6.07) is 12.9. The first-order valence-corrected chi connectivity index (χ1v) is 9.06. The van der Waals surface area contributed by atoms with Crippen LogP contribution in [0.4, 0.5) is 0 Å². The molecule has 0 saturated heterocycles. The summed E-state index contributed by atoms with van der Waals surface area (Å²) < 4.78 is 7.15. The molecule has 6 nitrogen and oxygen atoms in total. The van der Waals surface area contributed by atoms with E-state index >= 15 is 0 Å². The van der Waals surface area contributed by atoms with Crippen LogP contribution in [0.3, 0.4) is 0 Å². The van der Waals surface area contributed by atoms with Crippen LogP contribution in [0.25, 0.3) is 0 Å². The predicted molar refractivity (Wildman–Crippen MR) is 98.7 cm³/mol. The molecule has 0 bridgehead atoms. The van der Waals surface area contributed by atoms with Gasteiger partial charge in [-0.15, -0.1) is 0 Å². The molecule has 6 heteroatoms. The molecule has 2 amide bonds. The van der Waals surface area contributed by atoms with Gasteiger partial charge in [-0.2, -0.15) is 0 Å². The highest BCUT2D eigenvalue weighted by Crippen LogP contribution is 2.21.